The van der Waals surface area contributed by atoms with E-state index in [-0.39, 0.29) is 12.3 Å². The molecule has 1 aliphatic rings. The fraction of sp³-hybridized carbons (Fsp3) is 0.292. The van der Waals surface area contributed by atoms with E-state index in [1.165, 1.54) is 5.56 Å². The minimum atomic E-state index is -0.663. The smallest absolute Gasteiger partial charge is 0.251 e. The van der Waals surface area contributed by atoms with Crippen LogP contribution in [0, 0.1) is 0 Å². The maximum atomic E-state index is 12.9. The Balaban J connectivity index is 1.48. The molecule has 31 heavy (non-hydrogen) atoms. The van der Waals surface area contributed by atoms with Gasteiger partial charge in [0.25, 0.3) is 5.91 Å². The first-order valence-electron chi connectivity index (χ1n) is 10.5. The van der Waals surface area contributed by atoms with Gasteiger partial charge in [-0.1, -0.05) is 30.3 Å². The highest BCUT2D eigenvalue weighted by molar-refractivity contribution is 5.95. The number of benzene rings is 2. The Morgan fingerprint density at radius 2 is 1.77 bits per heavy atom. The van der Waals surface area contributed by atoms with Crippen LogP contribution in [0.15, 0.2) is 60.8 Å². The molecule has 2 aromatic carbocycles. The molecule has 2 heterocycles. The van der Waals surface area contributed by atoms with E-state index in [4.69, 9.17) is 5.21 Å². The number of para-hydroxylation sites is 1. The summed E-state index contributed by atoms with van der Waals surface area (Å²) in [5.74, 6) is -0.712. The number of nitrogens with zero attached hydrogens (tertiary/aromatic N) is 1. The van der Waals surface area contributed by atoms with E-state index in [1.54, 1.807) is 5.48 Å². The van der Waals surface area contributed by atoms with Crippen LogP contribution in [0.4, 0.5) is 0 Å². The van der Waals surface area contributed by atoms with E-state index < -0.39 is 11.4 Å². The minimum Gasteiger partial charge on any atom is -0.346 e. The Morgan fingerprint density at radius 3 is 2.52 bits per heavy atom. The maximum Gasteiger partial charge on any atom is 0.251 e. The number of hydrogen-bond acceptors (Lipinski definition) is 5. The molecule has 7 nitrogen and oxygen atoms in total. The van der Waals surface area contributed by atoms with E-state index >= 15 is 0 Å². The van der Waals surface area contributed by atoms with Gasteiger partial charge in [-0.3, -0.25) is 19.8 Å². The van der Waals surface area contributed by atoms with E-state index in [9.17, 15) is 9.59 Å². The van der Waals surface area contributed by atoms with Gasteiger partial charge in [0, 0.05) is 17.1 Å². The first-order valence-corrected chi connectivity index (χ1v) is 10.5. The topological polar surface area (TPSA) is 103 Å². The van der Waals surface area contributed by atoms with Gasteiger partial charge >= 0.3 is 0 Å². The van der Waals surface area contributed by atoms with Crippen LogP contribution in [-0.2, 0) is 11.2 Å². The number of fused-ring (bicyclic) bond motifs is 1. The van der Waals surface area contributed by atoms with E-state index in [1.807, 2.05) is 54.7 Å². The van der Waals surface area contributed by atoms with Crippen molar-refractivity contribution < 1.29 is 14.8 Å². The molecule has 4 N–H and O–H groups in total. The van der Waals surface area contributed by atoms with Crippen molar-refractivity contribution >= 4 is 22.7 Å². The summed E-state index contributed by atoms with van der Waals surface area (Å²) < 4.78 is 0. The molecule has 0 atom stereocenters. The van der Waals surface area contributed by atoms with Crippen LogP contribution >= 0.6 is 0 Å². The molecule has 0 unspecified atom stereocenters. The second-order valence-corrected chi connectivity index (χ2v) is 8.06. The van der Waals surface area contributed by atoms with Gasteiger partial charge in [-0.05, 0) is 67.7 Å². The number of aromatic nitrogens is 1. The zero-order chi connectivity index (χ0) is 21.7. The molecule has 1 aromatic heterocycles. The Labute approximate surface area is 180 Å². The fourth-order valence-corrected chi connectivity index (χ4v) is 4.21. The Bertz CT molecular complexity index is 1070. The Hall–Kier alpha value is -3.29. The molecule has 0 bridgehead atoms. The van der Waals surface area contributed by atoms with Gasteiger partial charge in [0.1, 0.15) is 0 Å². The first kappa shape index (κ1) is 21.0. The number of carbonyl (C=O) groups is 2. The molecule has 1 saturated heterocycles. The molecular formula is C24H26N4O3. The summed E-state index contributed by atoms with van der Waals surface area (Å²) >= 11 is 0. The van der Waals surface area contributed by atoms with Crippen LogP contribution < -0.4 is 16.1 Å². The number of piperidine rings is 1. The van der Waals surface area contributed by atoms with Gasteiger partial charge in [0.2, 0.25) is 5.91 Å². The fourth-order valence-electron chi connectivity index (χ4n) is 4.21. The van der Waals surface area contributed by atoms with Crippen molar-refractivity contribution in [3.05, 3.63) is 77.5 Å². The molecule has 3 aromatic rings. The zero-order valence-corrected chi connectivity index (χ0v) is 17.2. The minimum absolute atomic E-state index is 0.0458. The second-order valence-electron chi connectivity index (χ2n) is 8.06. The van der Waals surface area contributed by atoms with E-state index in [2.05, 4.69) is 21.7 Å². The molecule has 0 saturated carbocycles. The Kier molecular flexibility index (Phi) is 6.25. The third kappa shape index (κ3) is 4.90. The van der Waals surface area contributed by atoms with Gasteiger partial charge in [0.05, 0.1) is 17.5 Å². The lowest BCUT2D eigenvalue weighted by Gasteiger charge is -2.37. The van der Waals surface area contributed by atoms with Crippen molar-refractivity contribution in [3.8, 4) is 0 Å². The van der Waals surface area contributed by atoms with E-state index in [0.717, 1.165) is 22.9 Å². The molecule has 7 heteroatoms. The quantitative estimate of drug-likeness (QED) is 0.364. The summed E-state index contributed by atoms with van der Waals surface area (Å²) in [7, 11) is 0. The third-order valence-corrected chi connectivity index (χ3v) is 5.91. The van der Waals surface area contributed by atoms with Crippen molar-refractivity contribution in [2.24, 2.45) is 0 Å². The van der Waals surface area contributed by atoms with Gasteiger partial charge in [-0.2, -0.15) is 0 Å². The van der Waals surface area contributed by atoms with Crippen molar-refractivity contribution in [2.75, 3.05) is 13.1 Å². The number of nitrogens with one attached hydrogen (secondary N) is 3. The summed E-state index contributed by atoms with van der Waals surface area (Å²) in [4.78, 5) is 29.1. The monoisotopic (exact) mass is 418 g/mol. The average molecular weight is 418 g/mol. The highest BCUT2D eigenvalue weighted by atomic mass is 16.5. The van der Waals surface area contributed by atoms with Gasteiger partial charge in [0.15, 0.2) is 0 Å². The summed E-state index contributed by atoms with van der Waals surface area (Å²) in [6.45, 7) is 1.41. The molecule has 0 spiro atoms. The molecule has 4 rings (SSSR count). The summed E-state index contributed by atoms with van der Waals surface area (Å²) in [5, 5.41) is 16.3. The van der Waals surface area contributed by atoms with Crippen molar-refractivity contribution in [1.82, 2.24) is 21.1 Å². The summed E-state index contributed by atoms with van der Waals surface area (Å²) in [6, 6.07) is 17.6. The van der Waals surface area contributed by atoms with Crippen molar-refractivity contribution in [1.29, 1.82) is 0 Å². The number of hydroxylamine groups is 1. The van der Waals surface area contributed by atoms with Crippen LogP contribution in [0.2, 0.25) is 0 Å². The highest BCUT2D eigenvalue weighted by Gasteiger charge is 2.36. The molecule has 160 valence electrons. The first-order chi connectivity index (χ1) is 15.1. The number of pyridine rings is 1. The van der Waals surface area contributed by atoms with E-state index in [0.29, 0.717) is 31.5 Å². The van der Waals surface area contributed by atoms with Crippen LogP contribution in [0.3, 0.4) is 0 Å². The lowest BCUT2D eigenvalue weighted by Crippen LogP contribution is -2.56. The normalized spacial score (nSPS) is 15.4. The van der Waals surface area contributed by atoms with Gasteiger partial charge in [-0.15, -0.1) is 0 Å². The van der Waals surface area contributed by atoms with Crippen molar-refractivity contribution in [2.45, 2.75) is 31.2 Å². The van der Waals surface area contributed by atoms with Crippen LogP contribution in [0.25, 0.3) is 10.9 Å². The average Bonchev–Trinajstić information content (AvgIpc) is 2.80. The van der Waals surface area contributed by atoms with Crippen LogP contribution in [0.1, 0.15) is 40.7 Å². The summed E-state index contributed by atoms with van der Waals surface area (Å²) in [5.41, 5.74) is 4.82. The molecule has 0 aliphatic carbocycles. The number of rotatable bonds is 6. The Morgan fingerprint density at radius 1 is 1.03 bits per heavy atom. The molecule has 1 aliphatic heterocycles. The molecule has 0 radical (unpaired) electrons. The lowest BCUT2D eigenvalue weighted by molar-refractivity contribution is -0.130. The number of amides is 2. The predicted molar refractivity (Wildman–Crippen MR) is 118 cm³/mol. The number of carbonyl (C=O) groups excluding carboxylic acids is 2. The van der Waals surface area contributed by atoms with Crippen LogP contribution in [0.5, 0.6) is 0 Å². The molecular weight excluding hydrogens is 392 g/mol. The van der Waals surface area contributed by atoms with Crippen molar-refractivity contribution in [3.63, 3.8) is 0 Å². The highest BCUT2D eigenvalue weighted by Crippen LogP contribution is 2.24. The molecule has 2 amide bonds. The summed E-state index contributed by atoms with van der Waals surface area (Å²) in [6.07, 6.45) is 3.86. The zero-order valence-electron chi connectivity index (χ0n) is 17.2. The third-order valence-electron chi connectivity index (χ3n) is 5.91. The lowest BCUT2D eigenvalue weighted by atomic mass is 9.84. The maximum absolute atomic E-state index is 12.9. The van der Waals surface area contributed by atoms with Crippen LogP contribution in [-0.4, -0.2) is 40.6 Å². The SMILES string of the molecule is O=C(CC1(NC(=O)c2ccc(Cc3ccnc4ccccc34)cc2)CCNCC1)NO. The molecule has 1 fully saturated rings. The van der Waals surface area contributed by atoms with Gasteiger partial charge < -0.3 is 10.6 Å². The second kappa shape index (κ2) is 9.24. The number of hydrogen-bond donors (Lipinski definition) is 4. The largest absolute Gasteiger partial charge is 0.346 e. The predicted octanol–water partition coefficient (Wildman–Crippen LogP) is 2.57. The standard InChI is InChI=1S/C24H26N4O3/c29-22(28-31)16-24(10-13-25-14-11-24)27-23(30)18-7-5-17(6-8-18)15-19-9-12-26-21-4-2-1-3-20(19)21/h1-9,12,25,31H,10-11,13-16H2,(H,27,30)(H,28,29). The van der Waals surface area contributed by atoms with Gasteiger partial charge in [-0.25, -0.2) is 5.48 Å².